The fourth-order valence-corrected chi connectivity index (χ4v) is 4.57. The number of rotatable bonds is 5. The van der Waals surface area contributed by atoms with Crippen molar-refractivity contribution in [2.24, 2.45) is 5.73 Å². The van der Waals surface area contributed by atoms with Crippen molar-refractivity contribution in [1.82, 2.24) is 19.7 Å². The lowest BCUT2D eigenvalue weighted by molar-refractivity contribution is 0.0996. The van der Waals surface area contributed by atoms with E-state index in [9.17, 15) is 9.90 Å². The van der Waals surface area contributed by atoms with E-state index in [-0.39, 0.29) is 5.69 Å². The number of carbonyl (C=O) groups excluding carboxylic acids is 1. The van der Waals surface area contributed by atoms with Crippen LogP contribution < -0.4 is 10.6 Å². The normalized spacial score (nSPS) is 18.4. The minimum absolute atomic E-state index is 0.0808. The van der Waals surface area contributed by atoms with E-state index in [0.29, 0.717) is 37.2 Å². The predicted molar refractivity (Wildman–Crippen MR) is 123 cm³/mol. The van der Waals surface area contributed by atoms with E-state index in [2.05, 4.69) is 26.0 Å². The summed E-state index contributed by atoms with van der Waals surface area (Å²) < 4.78 is 8.25. The van der Waals surface area contributed by atoms with Crippen LogP contribution in [-0.2, 0) is 0 Å². The van der Waals surface area contributed by atoms with Crippen molar-refractivity contribution in [3.8, 4) is 22.8 Å². The average molecular weight is 444 g/mol. The molecule has 4 heterocycles. The van der Waals surface area contributed by atoms with E-state index in [0.717, 1.165) is 46.3 Å². The summed E-state index contributed by atoms with van der Waals surface area (Å²) in [5, 5.41) is 15.8. The van der Waals surface area contributed by atoms with Crippen LogP contribution in [0, 0.1) is 6.92 Å². The second-order valence-electron chi connectivity index (χ2n) is 8.88. The molecule has 3 aromatic heterocycles. The Labute approximate surface area is 189 Å². The molecule has 3 N–H and O–H groups in total. The smallest absolute Gasteiger partial charge is 0.271 e. The van der Waals surface area contributed by atoms with Crippen LogP contribution in [0.3, 0.4) is 0 Å². The number of nitrogens with zero attached hydrogens (tertiary/aromatic N) is 5. The average Bonchev–Trinajstić information content (AvgIpc) is 3.20. The molecule has 4 aromatic rings. The molecular formula is C24H24N6O3. The number of fused-ring (bicyclic) bond motifs is 1. The first kappa shape index (κ1) is 19.9. The molecule has 9 nitrogen and oxygen atoms in total. The van der Waals surface area contributed by atoms with E-state index >= 15 is 0 Å². The van der Waals surface area contributed by atoms with Crippen LogP contribution in [0.25, 0.3) is 33.7 Å². The Kier molecular flexibility index (Phi) is 4.48. The zero-order chi connectivity index (χ0) is 22.7. The van der Waals surface area contributed by atoms with Crippen molar-refractivity contribution < 1.29 is 14.3 Å². The number of oxazole rings is 1. The number of β-amino-alcohol motifs (C(OH)–C–C–N with tert-alkyl or cyclic N) is 1. The molecule has 9 heteroatoms. The predicted octanol–water partition coefficient (Wildman–Crippen LogP) is 3.07. The molecule has 2 fully saturated rings. The maximum absolute atomic E-state index is 12.4. The summed E-state index contributed by atoms with van der Waals surface area (Å²) in [6.45, 7) is 3.09. The zero-order valence-corrected chi connectivity index (χ0v) is 18.2. The van der Waals surface area contributed by atoms with Crippen LogP contribution in [0.15, 0.2) is 41.1 Å². The van der Waals surface area contributed by atoms with E-state index < -0.39 is 12.0 Å². The molecule has 0 radical (unpaired) electrons. The lowest BCUT2D eigenvalue weighted by atomic mass is 10.0. The Balaban J connectivity index is 1.57. The van der Waals surface area contributed by atoms with Crippen LogP contribution in [-0.4, -0.2) is 50.0 Å². The lowest BCUT2D eigenvalue weighted by Gasteiger charge is -2.21. The van der Waals surface area contributed by atoms with Gasteiger partial charge in [0.1, 0.15) is 0 Å². The van der Waals surface area contributed by atoms with Gasteiger partial charge in [-0.25, -0.2) is 4.98 Å². The molecule has 1 saturated carbocycles. The third-order valence-corrected chi connectivity index (χ3v) is 6.36. The van der Waals surface area contributed by atoms with Gasteiger partial charge < -0.3 is 20.2 Å². The monoisotopic (exact) mass is 444 g/mol. The lowest BCUT2D eigenvalue weighted by Crippen LogP contribution is -2.22. The minimum atomic E-state index is -0.658. The van der Waals surface area contributed by atoms with Crippen LogP contribution in [0.2, 0.25) is 0 Å². The van der Waals surface area contributed by atoms with E-state index in [1.165, 1.54) is 0 Å². The van der Waals surface area contributed by atoms with E-state index in [1.54, 1.807) is 12.3 Å². The number of aryl methyl sites for hydroxylation is 1. The molecule has 1 aromatic carbocycles. The molecule has 2 aliphatic rings. The highest BCUT2D eigenvalue weighted by Gasteiger charge is 2.30. The minimum Gasteiger partial charge on any atom is -0.435 e. The summed E-state index contributed by atoms with van der Waals surface area (Å²) in [5.41, 5.74) is 9.91. The van der Waals surface area contributed by atoms with Crippen LogP contribution in [0.5, 0.6) is 0 Å². The topological polar surface area (TPSA) is 123 Å². The highest BCUT2D eigenvalue weighted by molar-refractivity contribution is 6.01. The van der Waals surface area contributed by atoms with Gasteiger partial charge in [0.2, 0.25) is 5.89 Å². The molecule has 1 aliphatic heterocycles. The van der Waals surface area contributed by atoms with Crippen molar-refractivity contribution in [1.29, 1.82) is 0 Å². The molecular weight excluding hydrogens is 420 g/mol. The molecule has 33 heavy (non-hydrogen) atoms. The largest absolute Gasteiger partial charge is 0.435 e. The Hall–Kier alpha value is -3.72. The van der Waals surface area contributed by atoms with Gasteiger partial charge in [0, 0.05) is 47.2 Å². The number of aromatic nitrogens is 4. The van der Waals surface area contributed by atoms with Crippen molar-refractivity contribution in [2.75, 3.05) is 18.0 Å². The van der Waals surface area contributed by atoms with E-state index in [1.807, 2.05) is 29.9 Å². The molecule has 1 saturated heterocycles. The summed E-state index contributed by atoms with van der Waals surface area (Å²) in [6.07, 6.45) is 6.03. The number of nitrogens with two attached hydrogens (primary N) is 1. The molecule has 6 rings (SSSR count). The van der Waals surface area contributed by atoms with E-state index in [4.69, 9.17) is 10.2 Å². The maximum Gasteiger partial charge on any atom is 0.271 e. The number of aliphatic hydroxyl groups excluding tert-OH is 1. The number of primary amides is 1. The summed E-state index contributed by atoms with van der Waals surface area (Å²) in [6, 6.07) is 8.10. The van der Waals surface area contributed by atoms with Crippen LogP contribution in [0.4, 0.5) is 5.69 Å². The fourth-order valence-electron chi connectivity index (χ4n) is 4.57. The van der Waals surface area contributed by atoms with Gasteiger partial charge in [-0.15, -0.1) is 0 Å². The van der Waals surface area contributed by atoms with Gasteiger partial charge in [-0.3, -0.25) is 14.5 Å². The first-order chi connectivity index (χ1) is 16.0. The molecule has 1 amide bonds. The number of carbonyl (C=O) groups is 1. The molecule has 168 valence electrons. The summed E-state index contributed by atoms with van der Waals surface area (Å²) in [4.78, 5) is 23.2. The van der Waals surface area contributed by atoms with Crippen molar-refractivity contribution in [3.63, 3.8) is 0 Å². The number of benzene rings is 1. The number of hydrogen-bond donors (Lipinski definition) is 2. The Bertz CT molecular complexity index is 1390. The highest BCUT2D eigenvalue weighted by Crippen LogP contribution is 2.42. The van der Waals surface area contributed by atoms with Gasteiger partial charge in [-0.05, 0) is 50.5 Å². The first-order valence-electron chi connectivity index (χ1n) is 11.2. The van der Waals surface area contributed by atoms with Gasteiger partial charge in [-0.1, -0.05) is 0 Å². The first-order valence-corrected chi connectivity index (χ1v) is 11.2. The quantitative estimate of drug-likeness (QED) is 0.485. The molecule has 0 bridgehead atoms. The van der Waals surface area contributed by atoms with Crippen molar-refractivity contribution in [3.05, 3.63) is 48.0 Å². The standard InChI is InChI=1S/C24H24N6O3/c1-13-8-14(4-6-26-13)24-28-21(23(25)32)22(33-24)18-10-19-15(11-27-30(19)16-2-3-16)9-20(18)29-7-5-17(31)12-29/h4,6,8-11,16-17,31H,2-3,5,7,12H2,1H3,(H2,25,32). The second kappa shape index (κ2) is 7.41. The number of aliphatic hydroxyl groups is 1. The Morgan fingerprint density at radius 2 is 2.09 bits per heavy atom. The molecule has 0 spiro atoms. The van der Waals surface area contributed by atoms with Gasteiger partial charge in [0.25, 0.3) is 5.91 Å². The van der Waals surface area contributed by atoms with Crippen LogP contribution in [0.1, 0.15) is 41.5 Å². The van der Waals surface area contributed by atoms with Gasteiger partial charge in [0.15, 0.2) is 11.5 Å². The summed E-state index contributed by atoms with van der Waals surface area (Å²) in [5.74, 6) is -0.0183. The third kappa shape index (κ3) is 3.45. The molecule has 1 unspecified atom stereocenters. The number of pyridine rings is 1. The van der Waals surface area contributed by atoms with Gasteiger partial charge in [0.05, 0.1) is 23.9 Å². The fraction of sp³-hybridized carbons (Fsp3) is 0.333. The maximum atomic E-state index is 12.4. The Morgan fingerprint density at radius 1 is 1.24 bits per heavy atom. The molecule has 1 atom stereocenters. The summed E-state index contributed by atoms with van der Waals surface area (Å²) in [7, 11) is 0. The van der Waals surface area contributed by atoms with Crippen LogP contribution >= 0.6 is 0 Å². The number of anilines is 1. The van der Waals surface area contributed by atoms with Crippen molar-refractivity contribution in [2.45, 2.75) is 38.3 Å². The number of amides is 1. The second-order valence-corrected chi connectivity index (χ2v) is 8.88. The SMILES string of the molecule is Cc1cc(-c2nc(C(N)=O)c(-c3cc4c(cnn4C4CC4)cc3N3CCC(O)C3)o2)ccn1. The number of hydrogen-bond acceptors (Lipinski definition) is 7. The molecule has 1 aliphatic carbocycles. The Morgan fingerprint density at radius 3 is 2.79 bits per heavy atom. The highest BCUT2D eigenvalue weighted by atomic mass is 16.4. The zero-order valence-electron chi connectivity index (χ0n) is 18.2. The summed E-state index contributed by atoms with van der Waals surface area (Å²) >= 11 is 0. The van der Waals surface area contributed by atoms with Gasteiger partial charge >= 0.3 is 0 Å². The third-order valence-electron chi connectivity index (χ3n) is 6.36. The van der Waals surface area contributed by atoms with Crippen molar-refractivity contribution >= 4 is 22.5 Å². The van der Waals surface area contributed by atoms with Gasteiger partial charge in [-0.2, -0.15) is 5.10 Å².